The van der Waals surface area contributed by atoms with E-state index in [-0.39, 0.29) is 18.2 Å². The number of anilines is 1. The molecule has 0 spiro atoms. The molecule has 104 valence electrons. The molecule has 0 saturated heterocycles. The highest BCUT2D eigenvalue weighted by atomic mass is 35.5. The van der Waals surface area contributed by atoms with Gasteiger partial charge in [-0.1, -0.05) is 31.0 Å². The molecule has 0 atom stereocenters. The zero-order valence-electron chi connectivity index (χ0n) is 11.3. The van der Waals surface area contributed by atoms with Crippen molar-refractivity contribution in [1.82, 2.24) is 4.90 Å². The number of hydrogen-bond donors (Lipinski definition) is 1. The lowest BCUT2D eigenvalue weighted by atomic mass is 10.2. The van der Waals surface area contributed by atoms with E-state index in [2.05, 4.69) is 12.2 Å². The molecule has 0 aliphatic rings. The SMILES string of the molecule is CCCCN(C)C(=O)CC(=O)Nc1cccc(Cl)c1. The third kappa shape index (κ3) is 5.75. The summed E-state index contributed by atoms with van der Waals surface area (Å²) in [6.07, 6.45) is 1.82. The van der Waals surface area contributed by atoms with E-state index in [0.717, 1.165) is 12.8 Å². The van der Waals surface area contributed by atoms with Crippen LogP contribution >= 0.6 is 11.6 Å². The number of nitrogens with one attached hydrogen (secondary N) is 1. The molecule has 5 heteroatoms. The fraction of sp³-hybridized carbons (Fsp3) is 0.429. The second-order valence-electron chi connectivity index (χ2n) is 4.40. The van der Waals surface area contributed by atoms with Crippen molar-refractivity contribution >= 4 is 29.1 Å². The first-order valence-electron chi connectivity index (χ1n) is 6.32. The second-order valence-corrected chi connectivity index (χ2v) is 4.84. The Hall–Kier alpha value is -1.55. The van der Waals surface area contributed by atoms with Crippen LogP contribution in [0.1, 0.15) is 26.2 Å². The Kier molecular flexibility index (Phi) is 6.36. The van der Waals surface area contributed by atoms with E-state index in [1.54, 1.807) is 36.2 Å². The number of rotatable bonds is 6. The summed E-state index contributed by atoms with van der Waals surface area (Å²) in [5, 5.41) is 3.20. The maximum Gasteiger partial charge on any atom is 0.233 e. The Balaban J connectivity index is 2.44. The van der Waals surface area contributed by atoms with Crippen molar-refractivity contribution in [3.8, 4) is 0 Å². The quantitative estimate of drug-likeness (QED) is 0.816. The molecular formula is C14H19ClN2O2. The van der Waals surface area contributed by atoms with Crippen LogP contribution in [0.3, 0.4) is 0 Å². The smallest absolute Gasteiger partial charge is 0.233 e. The zero-order chi connectivity index (χ0) is 14.3. The molecule has 1 N–H and O–H groups in total. The number of carbonyl (C=O) groups excluding carboxylic acids is 2. The molecule has 0 aliphatic heterocycles. The molecule has 0 radical (unpaired) electrons. The molecule has 1 aromatic carbocycles. The lowest BCUT2D eigenvalue weighted by molar-refractivity contribution is -0.133. The van der Waals surface area contributed by atoms with Crippen molar-refractivity contribution in [2.45, 2.75) is 26.2 Å². The predicted molar refractivity (Wildman–Crippen MR) is 77.2 cm³/mol. The Morgan fingerprint density at radius 2 is 2.11 bits per heavy atom. The molecule has 0 aromatic heterocycles. The summed E-state index contributed by atoms with van der Waals surface area (Å²) in [5.74, 6) is -0.497. The minimum absolute atomic E-state index is 0.146. The van der Waals surface area contributed by atoms with E-state index in [9.17, 15) is 9.59 Å². The van der Waals surface area contributed by atoms with Crippen LogP contribution in [0.4, 0.5) is 5.69 Å². The maximum atomic E-state index is 11.8. The number of carbonyl (C=O) groups is 2. The Morgan fingerprint density at radius 3 is 2.74 bits per heavy atom. The van der Waals surface area contributed by atoms with Crippen LogP contribution < -0.4 is 5.32 Å². The standard InChI is InChI=1S/C14H19ClN2O2/c1-3-4-8-17(2)14(19)10-13(18)16-12-7-5-6-11(15)9-12/h5-7,9H,3-4,8,10H2,1-2H3,(H,16,18). The van der Waals surface area contributed by atoms with E-state index in [0.29, 0.717) is 17.3 Å². The molecule has 0 heterocycles. The molecule has 0 saturated carbocycles. The van der Waals surface area contributed by atoms with Gasteiger partial charge in [-0.3, -0.25) is 9.59 Å². The molecule has 19 heavy (non-hydrogen) atoms. The highest BCUT2D eigenvalue weighted by Crippen LogP contribution is 2.15. The van der Waals surface area contributed by atoms with Crippen LogP contribution in [-0.4, -0.2) is 30.3 Å². The molecule has 2 amide bonds. The normalized spacial score (nSPS) is 10.1. The first-order chi connectivity index (χ1) is 9.02. The van der Waals surface area contributed by atoms with Crippen LogP contribution in [0.15, 0.2) is 24.3 Å². The number of nitrogens with zero attached hydrogens (tertiary/aromatic N) is 1. The van der Waals surface area contributed by atoms with Gasteiger partial charge in [0.2, 0.25) is 11.8 Å². The predicted octanol–water partition coefficient (Wildman–Crippen LogP) is 2.93. The van der Waals surface area contributed by atoms with Crippen molar-refractivity contribution in [3.05, 3.63) is 29.3 Å². The lowest BCUT2D eigenvalue weighted by Gasteiger charge is -2.16. The van der Waals surface area contributed by atoms with E-state index < -0.39 is 0 Å². The van der Waals surface area contributed by atoms with Gasteiger partial charge in [-0.05, 0) is 24.6 Å². The average molecular weight is 283 g/mol. The summed E-state index contributed by atoms with van der Waals surface area (Å²) in [5.41, 5.74) is 0.599. The Morgan fingerprint density at radius 1 is 1.37 bits per heavy atom. The second kappa shape index (κ2) is 7.79. The highest BCUT2D eigenvalue weighted by molar-refractivity contribution is 6.30. The van der Waals surface area contributed by atoms with Crippen molar-refractivity contribution in [2.24, 2.45) is 0 Å². The highest BCUT2D eigenvalue weighted by Gasteiger charge is 2.13. The zero-order valence-corrected chi connectivity index (χ0v) is 12.0. The maximum absolute atomic E-state index is 11.8. The summed E-state index contributed by atoms with van der Waals surface area (Å²) in [7, 11) is 1.71. The van der Waals surface area contributed by atoms with Gasteiger partial charge in [-0.15, -0.1) is 0 Å². The summed E-state index contributed by atoms with van der Waals surface area (Å²) in [6, 6.07) is 6.84. The van der Waals surface area contributed by atoms with Crippen molar-refractivity contribution in [3.63, 3.8) is 0 Å². The summed E-state index contributed by atoms with van der Waals surface area (Å²) in [6.45, 7) is 2.74. The van der Waals surface area contributed by atoms with Gasteiger partial charge in [0.05, 0.1) is 0 Å². The number of unbranched alkanes of at least 4 members (excludes halogenated alkanes) is 1. The first kappa shape index (κ1) is 15.5. The minimum Gasteiger partial charge on any atom is -0.345 e. The summed E-state index contributed by atoms with van der Waals surface area (Å²) >= 11 is 5.82. The fourth-order valence-corrected chi connectivity index (χ4v) is 1.75. The molecule has 1 aromatic rings. The number of benzene rings is 1. The van der Waals surface area contributed by atoms with Crippen LogP contribution in [0.5, 0.6) is 0 Å². The number of amides is 2. The van der Waals surface area contributed by atoms with E-state index in [1.165, 1.54) is 0 Å². The van der Waals surface area contributed by atoms with Gasteiger partial charge in [0.15, 0.2) is 0 Å². The van der Waals surface area contributed by atoms with Crippen LogP contribution in [0.2, 0.25) is 5.02 Å². The number of hydrogen-bond acceptors (Lipinski definition) is 2. The molecule has 0 fully saturated rings. The first-order valence-corrected chi connectivity index (χ1v) is 6.70. The van der Waals surface area contributed by atoms with Gasteiger partial charge < -0.3 is 10.2 Å². The largest absolute Gasteiger partial charge is 0.345 e. The van der Waals surface area contributed by atoms with Gasteiger partial charge >= 0.3 is 0 Å². The Bertz CT molecular complexity index is 449. The van der Waals surface area contributed by atoms with Gasteiger partial charge in [0.25, 0.3) is 0 Å². The molecule has 0 aliphatic carbocycles. The van der Waals surface area contributed by atoms with E-state index in [1.807, 2.05) is 0 Å². The molecule has 1 rings (SSSR count). The van der Waals surface area contributed by atoms with Gasteiger partial charge in [0.1, 0.15) is 6.42 Å². The monoisotopic (exact) mass is 282 g/mol. The molecule has 4 nitrogen and oxygen atoms in total. The average Bonchev–Trinajstić information content (AvgIpc) is 2.35. The fourth-order valence-electron chi connectivity index (χ4n) is 1.56. The van der Waals surface area contributed by atoms with Crippen molar-refractivity contribution in [1.29, 1.82) is 0 Å². The van der Waals surface area contributed by atoms with E-state index >= 15 is 0 Å². The summed E-state index contributed by atoms with van der Waals surface area (Å²) < 4.78 is 0. The third-order valence-electron chi connectivity index (χ3n) is 2.69. The van der Waals surface area contributed by atoms with Crippen molar-refractivity contribution < 1.29 is 9.59 Å². The van der Waals surface area contributed by atoms with Gasteiger partial charge in [-0.25, -0.2) is 0 Å². The van der Waals surface area contributed by atoms with Crippen LogP contribution in [-0.2, 0) is 9.59 Å². The van der Waals surface area contributed by atoms with Crippen molar-refractivity contribution in [2.75, 3.05) is 18.9 Å². The molecule has 0 bridgehead atoms. The van der Waals surface area contributed by atoms with Crippen LogP contribution in [0, 0.1) is 0 Å². The van der Waals surface area contributed by atoms with Crippen LogP contribution in [0.25, 0.3) is 0 Å². The minimum atomic E-state index is -0.324. The van der Waals surface area contributed by atoms with Gasteiger partial charge in [0, 0.05) is 24.3 Å². The van der Waals surface area contributed by atoms with Gasteiger partial charge in [-0.2, -0.15) is 0 Å². The Labute approximate surface area is 118 Å². The third-order valence-corrected chi connectivity index (χ3v) is 2.93. The molecule has 0 unspecified atom stereocenters. The lowest BCUT2D eigenvalue weighted by Crippen LogP contribution is -2.31. The summed E-state index contributed by atoms with van der Waals surface area (Å²) in [4.78, 5) is 25.1. The number of halogens is 1. The molecular weight excluding hydrogens is 264 g/mol. The van der Waals surface area contributed by atoms with E-state index in [4.69, 9.17) is 11.6 Å². The topological polar surface area (TPSA) is 49.4 Å².